The summed E-state index contributed by atoms with van der Waals surface area (Å²) in [6.07, 6.45) is 7.28. The third-order valence-electron chi connectivity index (χ3n) is 6.29. The SMILES string of the molecule is CCN1CCCC1c1ccc(N=Cc2c(O)[nH]c(=O)c3ccc(-c4ccoc4)cc23)cc1. The molecule has 1 saturated heterocycles. The van der Waals surface area contributed by atoms with E-state index in [1.807, 2.05) is 30.3 Å². The van der Waals surface area contributed by atoms with Gasteiger partial charge in [-0.05, 0) is 67.4 Å². The van der Waals surface area contributed by atoms with Crippen LogP contribution in [0.2, 0.25) is 0 Å². The lowest BCUT2D eigenvalue weighted by Gasteiger charge is -2.23. The summed E-state index contributed by atoms with van der Waals surface area (Å²) in [6.45, 7) is 4.42. The van der Waals surface area contributed by atoms with E-state index in [1.165, 1.54) is 18.4 Å². The molecule has 1 aliphatic heterocycles. The minimum Gasteiger partial charge on any atom is -0.494 e. The first-order valence-corrected chi connectivity index (χ1v) is 10.9. The van der Waals surface area contributed by atoms with E-state index < -0.39 is 0 Å². The molecule has 1 aliphatic rings. The molecule has 162 valence electrons. The highest BCUT2D eigenvalue weighted by Gasteiger charge is 2.24. The topological polar surface area (TPSA) is 81.8 Å². The number of pyridine rings is 1. The van der Waals surface area contributed by atoms with Crippen molar-refractivity contribution < 1.29 is 9.52 Å². The van der Waals surface area contributed by atoms with Crippen LogP contribution < -0.4 is 5.56 Å². The first kappa shape index (κ1) is 20.3. The highest BCUT2D eigenvalue weighted by atomic mass is 16.3. The molecule has 1 unspecified atom stereocenters. The Morgan fingerprint density at radius 3 is 2.75 bits per heavy atom. The maximum Gasteiger partial charge on any atom is 0.258 e. The van der Waals surface area contributed by atoms with Gasteiger partial charge in [0.15, 0.2) is 0 Å². The number of aromatic hydroxyl groups is 1. The van der Waals surface area contributed by atoms with E-state index in [9.17, 15) is 9.90 Å². The number of hydrogen-bond acceptors (Lipinski definition) is 5. The molecule has 6 nitrogen and oxygen atoms in total. The van der Waals surface area contributed by atoms with Crippen molar-refractivity contribution in [3.8, 4) is 17.0 Å². The van der Waals surface area contributed by atoms with Gasteiger partial charge in [-0.25, -0.2) is 0 Å². The molecule has 0 radical (unpaired) electrons. The lowest BCUT2D eigenvalue weighted by Crippen LogP contribution is -2.22. The van der Waals surface area contributed by atoms with Crippen molar-refractivity contribution >= 4 is 22.7 Å². The van der Waals surface area contributed by atoms with E-state index >= 15 is 0 Å². The fourth-order valence-corrected chi connectivity index (χ4v) is 4.58. The van der Waals surface area contributed by atoms with Crippen molar-refractivity contribution in [2.45, 2.75) is 25.8 Å². The number of rotatable bonds is 5. The molecule has 2 N–H and O–H groups in total. The van der Waals surface area contributed by atoms with Crippen LogP contribution in [-0.4, -0.2) is 34.3 Å². The molecule has 6 heteroatoms. The van der Waals surface area contributed by atoms with Crippen molar-refractivity contribution in [1.82, 2.24) is 9.88 Å². The monoisotopic (exact) mass is 427 g/mol. The highest BCUT2D eigenvalue weighted by molar-refractivity contribution is 6.03. The molecule has 0 spiro atoms. The standard InChI is InChI=1S/C26H25N3O3/c1-2-29-12-3-4-24(29)17-5-8-20(9-6-17)27-15-23-22-14-18(19-11-13-32-16-19)7-10-21(22)25(30)28-26(23)31/h5-11,13-16,24H,2-4,12H2,1H3,(H2,28,30,31). The molecule has 4 aromatic rings. The number of benzene rings is 2. The normalized spacial score (nSPS) is 17.0. The van der Waals surface area contributed by atoms with Gasteiger partial charge in [0.2, 0.25) is 5.88 Å². The van der Waals surface area contributed by atoms with Gasteiger partial charge in [0.25, 0.3) is 5.56 Å². The smallest absolute Gasteiger partial charge is 0.258 e. The molecule has 5 rings (SSSR count). The summed E-state index contributed by atoms with van der Waals surface area (Å²) in [5, 5.41) is 11.6. The number of H-pyrrole nitrogens is 1. The number of aromatic nitrogens is 1. The van der Waals surface area contributed by atoms with Crippen molar-refractivity contribution in [3.05, 3.63) is 82.5 Å². The average Bonchev–Trinajstić information content (AvgIpc) is 3.51. The Balaban J connectivity index is 1.49. The van der Waals surface area contributed by atoms with Crippen LogP contribution in [0.15, 0.2) is 75.3 Å². The third kappa shape index (κ3) is 3.74. The Bertz CT molecular complexity index is 1320. The van der Waals surface area contributed by atoms with Crippen molar-refractivity contribution in [2.24, 2.45) is 4.99 Å². The van der Waals surface area contributed by atoms with E-state index in [1.54, 1.807) is 24.8 Å². The van der Waals surface area contributed by atoms with Gasteiger partial charge < -0.3 is 9.52 Å². The number of fused-ring (bicyclic) bond motifs is 1. The van der Waals surface area contributed by atoms with Crippen molar-refractivity contribution in [2.75, 3.05) is 13.1 Å². The Kier molecular flexibility index (Phi) is 5.37. The highest BCUT2D eigenvalue weighted by Crippen LogP contribution is 2.32. The van der Waals surface area contributed by atoms with Crippen LogP contribution in [0, 0.1) is 0 Å². The molecular formula is C26H25N3O3. The van der Waals surface area contributed by atoms with Gasteiger partial charge in [-0.15, -0.1) is 0 Å². The van der Waals surface area contributed by atoms with Crippen LogP contribution in [0.1, 0.15) is 36.9 Å². The molecule has 0 amide bonds. The molecule has 0 aliphatic carbocycles. The van der Waals surface area contributed by atoms with Crippen LogP contribution in [0.4, 0.5) is 5.69 Å². The minimum absolute atomic E-state index is 0.197. The summed E-state index contributed by atoms with van der Waals surface area (Å²) in [5.41, 5.74) is 4.03. The number of nitrogens with zero attached hydrogens (tertiary/aromatic N) is 2. The van der Waals surface area contributed by atoms with Crippen LogP contribution in [-0.2, 0) is 0 Å². The van der Waals surface area contributed by atoms with Gasteiger partial charge in [0.05, 0.1) is 23.8 Å². The number of aliphatic imine (C=N–C) groups is 1. The minimum atomic E-state index is -0.338. The Labute approximate surface area is 185 Å². The molecule has 2 aromatic heterocycles. The van der Waals surface area contributed by atoms with E-state index in [2.05, 4.69) is 33.9 Å². The van der Waals surface area contributed by atoms with Gasteiger partial charge in [0, 0.05) is 28.6 Å². The maximum atomic E-state index is 12.4. The van der Waals surface area contributed by atoms with E-state index in [0.717, 1.165) is 29.9 Å². The van der Waals surface area contributed by atoms with Gasteiger partial charge in [-0.3, -0.25) is 19.7 Å². The molecule has 3 heterocycles. The van der Waals surface area contributed by atoms with Crippen LogP contribution in [0.25, 0.3) is 21.9 Å². The zero-order valence-corrected chi connectivity index (χ0v) is 17.9. The van der Waals surface area contributed by atoms with Crippen LogP contribution in [0.5, 0.6) is 5.88 Å². The number of likely N-dealkylation sites (tertiary alicyclic amines) is 1. The number of nitrogens with one attached hydrogen (secondary N) is 1. The van der Waals surface area contributed by atoms with Gasteiger partial charge >= 0.3 is 0 Å². The summed E-state index contributed by atoms with van der Waals surface area (Å²) in [5.74, 6) is -0.197. The van der Waals surface area contributed by atoms with Crippen LogP contribution >= 0.6 is 0 Å². The summed E-state index contributed by atoms with van der Waals surface area (Å²) < 4.78 is 5.18. The van der Waals surface area contributed by atoms with Crippen molar-refractivity contribution in [1.29, 1.82) is 0 Å². The number of furan rings is 1. The second-order valence-corrected chi connectivity index (χ2v) is 8.13. The predicted molar refractivity (Wildman–Crippen MR) is 127 cm³/mol. The predicted octanol–water partition coefficient (Wildman–Crippen LogP) is 5.40. The summed E-state index contributed by atoms with van der Waals surface area (Å²) in [7, 11) is 0. The average molecular weight is 428 g/mol. The van der Waals surface area contributed by atoms with Gasteiger partial charge in [-0.1, -0.05) is 25.1 Å². The van der Waals surface area contributed by atoms with E-state index in [4.69, 9.17) is 4.42 Å². The summed E-state index contributed by atoms with van der Waals surface area (Å²) in [6, 6.07) is 16.1. The summed E-state index contributed by atoms with van der Waals surface area (Å²) >= 11 is 0. The lowest BCUT2D eigenvalue weighted by atomic mass is 10.0. The quantitative estimate of drug-likeness (QED) is 0.418. The Hall–Kier alpha value is -3.64. The molecular weight excluding hydrogens is 402 g/mol. The van der Waals surface area contributed by atoms with E-state index in [0.29, 0.717) is 22.4 Å². The Morgan fingerprint density at radius 2 is 2.00 bits per heavy atom. The fraction of sp³-hybridized carbons (Fsp3) is 0.231. The van der Waals surface area contributed by atoms with Gasteiger partial charge in [0.1, 0.15) is 0 Å². The maximum absolute atomic E-state index is 12.4. The molecule has 0 saturated carbocycles. The molecule has 2 aromatic carbocycles. The molecule has 32 heavy (non-hydrogen) atoms. The first-order chi connectivity index (χ1) is 15.6. The largest absolute Gasteiger partial charge is 0.494 e. The summed E-state index contributed by atoms with van der Waals surface area (Å²) in [4.78, 5) is 21.9. The van der Waals surface area contributed by atoms with Crippen molar-refractivity contribution in [3.63, 3.8) is 0 Å². The first-order valence-electron chi connectivity index (χ1n) is 10.9. The zero-order valence-electron chi connectivity index (χ0n) is 17.9. The molecule has 0 bridgehead atoms. The second kappa shape index (κ2) is 8.48. The number of aromatic amines is 1. The van der Waals surface area contributed by atoms with Gasteiger partial charge in [-0.2, -0.15) is 0 Å². The fourth-order valence-electron chi connectivity index (χ4n) is 4.58. The zero-order chi connectivity index (χ0) is 22.1. The molecule has 1 atom stereocenters. The third-order valence-corrected chi connectivity index (χ3v) is 6.29. The Morgan fingerprint density at radius 1 is 1.16 bits per heavy atom. The lowest BCUT2D eigenvalue weighted by molar-refractivity contribution is 0.271. The van der Waals surface area contributed by atoms with Crippen LogP contribution in [0.3, 0.4) is 0 Å². The second-order valence-electron chi connectivity index (χ2n) is 8.13. The number of hydrogen-bond donors (Lipinski definition) is 2. The van der Waals surface area contributed by atoms with E-state index in [-0.39, 0.29) is 11.4 Å². The molecule has 1 fully saturated rings.